The lowest BCUT2D eigenvalue weighted by Crippen LogP contribution is -2.07. The number of para-hydroxylation sites is 1. The second-order valence-corrected chi connectivity index (χ2v) is 5.68. The van der Waals surface area contributed by atoms with Crippen LogP contribution in [-0.4, -0.2) is 9.78 Å². The van der Waals surface area contributed by atoms with E-state index in [4.69, 9.17) is 10.8 Å². The van der Waals surface area contributed by atoms with Crippen LogP contribution in [0.1, 0.15) is 56.2 Å². The monoisotopic (exact) mass is 269 g/mol. The molecular weight excluding hydrogens is 246 g/mol. The normalized spacial score (nSPS) is 16.4. The number of aromatic nitrogens is 2. The Balaban J connectivity index is 2.02. The third-order valence-corrected chi connectivity index (χ3v) is 4.40. The van der Waals surface area contributed by atoms with Crippen molar-refractivity contribution in [2.45, 2.75) is 51.4 Å². The molecular formula is C17H23N3. The molecule has 2 aromatic rings. The molecule has 0 amide bonds. The van der Waals surface area contributed by atoms with Gasteiger partial charge in [-0.3, -0.25) is 0 Å². The van der Waals surface area contributed by atoms with Crippen LogP contribution in [0.3, 0.4) is 0 Å². The van der Waals surface area contributed by atoms with Crippen molar-refractivity contribution >= 4 is 5.82 Å². The van der Waals surface area contributed by atoms with Gasteiger partial charge in [0.2, 0.25) is 0 Å². The first-order valence-corrected chi connectivity index (χ1v) is 7.74. The highest BCUT2D eigenvalue weighted by Crippen LogP contribution is 2.36. The topological polar surface area (TPSA) is 43.8 Å². The fraction of sp³-hybridized carbons (Fsp3) is 0.471. The van der Waals surface area contributed by atoms with Crippen LogP contribution in [-0.2, 0) is 6.42 Å². The Bertz CT molecular complexity index is 565. The maximum absolute atomic E-state index is 6.35. The van der Waals surface area contributed by atoms with Gasteiger partial charge >= 0.3 is 0 Å². The summed E-state index contributed by atoms with van der Waals surface area (Å²) < 4.78 is 1.92. The Morgan fingerprint density at radius 2 is 1.85 bits per heavy atom. The molecule has 1 aliphatic rings. The van der Waals surface area contributed by atoms with Gasteiger partial charge in [-0.05, 0) is 31.4 Å². The smallest absolute Gasteiger partial charge is 0.130 e. The zero-order valence-electron chi connectivity index (χ0n) is 12.2. The fourth-order valence-electron chi connectivity index (χ4n) is 3.31. The van der Waals surface area contributed by atoms with Crippen molar-refractivity contribution in [1.82, 2.24) is 9.78 Å². The van der Waals surface area contributed by atoms with Gasteiger partial charge in [0.05, 0.1) is 11.4 Å². The van der Waals surface area contributed by atoms with Gasteiger partial charge < -0.3 is 5.73 Å². The molecule has 1 heterocycles. The summed E-state index contributed by atoms with van der Waals surface area (Å²) >= 11 is 0. The van der Waals surface area contributed by atoms with Gasteiger partial charge in [-0.1, -0.05) is 44.4 Å². The number of rotatable bonds is 3. The minimum absolute atomic E-state index is 0.603. The standard InChI is InChI=1S/C17H23N3/c1-2-15-16(13-9-5-3-6-10-13)19-20(17(15)18)14-11-7-4-8-12-14/h4,7-8,11-13H,2-3,5-6,9-10,18H2,1H3. The maximum atomic E-state index is 6.35. The Labute approximate surface area is 120 Å². The highest BCUT2D eigenvalue weighted by atomic mass is 15.3. The SMILES string of the molecule is CCc1c(C2CCCCC2)nn(-c2ccccc2)c1N. The molecule has 0 saturated heterocycles. The minimum Gasteiger partial charge on any atom is -0.383 e. The van der Waals surface area contributed by atoms with Gasteiger partial charge in [0, 0.05) is 11.5 Å². The van der Waals surface area contributed by atoms with E-state index in [1.807, 2.05) is 22.9 Å². The predicted molar refractivity (Wildman–Crippen MR) is 83.2 cm³/mol. The van der Waals surface area contributed by atoms with Crippen molar-refractivity contribution in [1.29, 1.82) is 0 Å². The van der Waals surface area contributed by atoms with Crippen molar-refractivity contribution in [3.05, 3.63) is 41.6 Å². The zero-order chi connectivity index (χ0) is 13.9. The quantitative estimate of drug-likeness (QED) is 0.913. The summed E-state index contributed by atoms with van der Waals surface area (Å²) in [5, 5.41) is 4.87. The highest BCUT2D eigenvalue weighted by molar-refractivity contribution is 5.51. The van der Waals surface area contributed by atoms with Crippen molar-refractivity contribution < 1.29 is 0 Å². The van der Waals surface area contributed by atoms with Gasteiger partial charge in [-0.25, -0.2) is 4.68 Å². The predicted octanol–water partition coefficient (Wildman–Crippen LogP) is 4.06. The molecule has 3 rings (SSSR count). The van der Waals surface area contributed by atoms with E-state index in [0.29, 0.717) is 5.92 Å². The molecule has 1 aliphatic carbocycles. The maximum Gasteiger partial charge on any atom is 0.130 e. The van der Waals surface area contributed by atoms with E-state index in [2.05, 4.69) is 19.1 Å². The average Bonchev–Trinajstić information content (AvgIpc) is 2.86. The highest BCUT2D eigenvalue weighted by Gasteiger charge is 2.24. The van der Waals surface area contributed by atoms with Crippen molar-refractivity contribution in [3.8, 4) is 5.69 Å². The van der Waals surface area contributed by atoms with Crippen molar-refractivity contribution in [3.63, 3.8) is 0 Å². The molecule has 1 aromatic carbocycles. The van der Waals surface area contributed by atoms with Crippen LogP contribution in [0.5, 0.6) is 0 Å². The van der Waals surface area contributed by atoms with E-state index in [9.17, 15) is 0 Å². The summed E-state index contributed by atoms with van der Waals surface area (Å²) in [5.41, 5.74) is 9.91. The van der Waals surface area contributed by atoms with Crippen LogP contribution in [0.15, 0.2) is 30.3 Å². The number of anilines is 1. The Morgan fingerprint density at radius 3 is 2.50 bits per heavy atom. The molecule has 2 N–H and O–H groups in total. The number of hydrogen-bond donors (Lipinski definition) is 1. The largest absolute Gasteiger partial charge is 0.383 e. The molecule has 106 valence electrons. The average molecular weight is 269 g/mol. The Hall–Kier alpha value is -1.77. The molecule has 0 spiro atoms. The van der Waals surface area contributed by atoms with Crippen molar-refractivity contribution in [2.75, 3.05) is 5.73 Å². The van der Waals surface area contributed by atoms with Crippen LogP contribution < -0.4 is 5.73 Å². The Kier molecular flexibility index (Phi) is 3.77. The molecule has 20 heavy (non-hydrogen) atoms. The molecule has 3 nitrogen and oxygen atoms in total. The molecule has 0 bridgehead atoms. The van der Waals surface area contributed by atoms with Crippen LogP contribution in [0.25, 0.3) is 5.69 Å². The second-order valence-electron chi connectivity index (χ2n) is 5.68. The summed E-state index contributed by atoms with van der Waals surface area (Å²) in [6.45, 7) is 2.18. The number of benzene rings is 1. The van der Waals surface area contributed by atoms with E-state index in [1.165, 1.54) is 43.4 Å². The summed E-state index contributed by atoms with van der Waals surface area (Å²) in [5.74, 6) is 1.42. The molecule has 0 atom stereocenters. The minimum atomic E-state index is 0.603. The molecule has 1 aromatic heterocycles. The summed E-state index contributed by atoms with van der Waals surface area (Å²) in [6, 6.07) is 10.2. The van der Waals surface area contributed by atoms with E-state index < -0.39 is 0 Å². The van der Waals surface area contributed by atoms with Gasteiger partial charge in [0.1, 0.15) is 5.82 Å². The van der Waals surface area contributed by atoms with Gasteiger partial charge in [-0.15, -0.1) is 0 Å². The van der Waals surface area contributed by atoms with Gasteiger partial charge in [0.15, 0.2) is 0 Å². The zero-order valence-corrected chi connectivity index (χ0v) is 12.2. The third-order valence-electron chi connectivity index (χ3n) is 4.40. The molecule has 1 fully saturated rings. The van der Waals surface area contributed by atoms with E-state index in [0.717, 1.165) is 17.9 Å². The molecule has 1 saturated carbocycles. The van der Waals surface area contributed by atoms with E-state index >= 15 is 0 Å². The lowest BCUT2D eigenvalue weighted by atomic mass is 9.85. The lowest BCUT2D eigenvalue weighted by molar-refractivity contribution is 0.433. The number of nitrogen functional groups attached to an aromatic ring is 1. The summed E-state index contributed by atoms with van der Waals surface area (Å²) in [7, 11) is 0. The van der Waals surface area contributed by atoms with Crippen LogP contribution >= 0.6 is 0 Å². The first kappa shape index (κ1) is 13.2. The second kappa shape index (κ2) is 5.70. The van der Waals surface area contributed by atoms with E-state index in [1.54, 1.807) is 0 Å². The van der Waals surface area contributed by atoms with Gasteiger partial charge in [0.25, 0.3) is 0 Å². The van der Waals surface area contributed by atoms with Crippen LogP contribution in [0.2, 0.25) is 0 Å². The first-order chi connectivity index (χ1) is 9.81. The van der Waals surface area contributed by atoms with Crippen LogP contribution in [0, 0.1) is 0 Å². The third kappa shape index (κ3) is 2.33. The van der Waals surface area contributed by atoms with E-state index in [-0.39, 0.29) is 0 Å². The lowest BCUT2D eigenvalue weighted by Gasteiger charge is -2.20. The molecule has 3 heteroatoms. The number of nitrogens with two attached hydrogens (primary N) is 1. The number of hydrogen-bond acceptors (Lipinski definition) is 2. The Morgan fingerprint density at radius 1 is 1.15 bits per heavy atom. The molecule has 0 unspecified atom stereocenters. The molecule has 0 aliphatic heterocycles. The first-order valence-electron chi connectivity index (χ1n) is 7.74. The van der Waals surface area contributed by atoms with Gasteiger partial charge in [-0.2, -0.15) is 5.10 Å². The summed E-state index contributed by atoms with van der Waals surface area (Å²) in [4.78, 5) is 0. The fourth-order valence-corrected chi connectivity index (χ4v) is 3.31. The number of nitrogens with zero attached hydrogens (tertiary/aromatic N) is 2. The van der Waals surface area contributed by atoms with Crippen LogP contribution in [0.4, 0.5) is 5.82 Å². The van der Waals surface area contributed by atoms with Crippen molar-refractivity contribution in [2.24, 2.45) is 0 Å². The summed E-state index contributed by atoms with van der Waals surface area (Å²) in [6.07, 6.45) is 7.51. The molecule has 0 radical (unpaired) electrons.